The van der Waals surface area contributed by atoms with Crippen LogP contribution in [0.25, 0.3) is 0 Å². The molecule has 0 bridgehead atoms. The molecule has 1 aromatic rings. The van der Waals surface area contributed by atoms with E-state index in [4.69, 9.17) is 0 Å². The summed E-state index contributed by atoms with van der Waals surface area (Å²) in [6.45, 7) is 2.20. The van der Waals surface area contributed by atoms with Gasteiger partial charge in [-0.25, -0.2) is 0 Å². The molecular weight excluding hydrogens is 195 g/mol. The molecule has 0 aliphatic rings. The van der Waals surface area contributed by atoms with Gasteiger partial charge in [-0.3, -0.25) is 0 Å². The Kier molecular flexibility index (Phi) is 3.20. The van der Waals surface area contributed by atoms with Crippen molar-refractivity contribution in [3.05, 3.63) is 35.4 Å². The number of benzene rings is 1. The molecule has 0 spiro atoms. The van der Waals surface area contributed by atoms with Gasteiger partial charge in [0.2, 0.25) is 0 Å². The van der Waals surface area contributed by atoms with Crippen molar-refractivity contribution in [2.75, 3.05) is 0 Å². The third-order valence-corrected chi connectivity index (χ3v) is 3.79. The van der Waals surface area contributed by atoms with Gasteiger partial charge in [0, 0.05) is 0 Å². The molecule has 0 atom stereocenters. The van der Waals surface area contributed by atoms with E-state index in [0.717, 1.165) is 0 Å². The van der Waals surface area contributed by atoms with Crippen molar-refractivity contribution in [1.29, 1.82) is 0 Å². The van der Waals surface area contributed by atoms with Crippen molar-refractivity contribution in [2.45, 2.75) is 23.6 Å². The minimum atomic E-state index is -0.484. The molecule has 0 N–H and O–H groups in total. The normalized spacial score (nSPS) is 10.5. The Balaban J connectivity index is 2.78. The fraction of sp³-hybridized carbons (Fsp3) is 0.400. The van der Waals surface area contributed by atoms with Crippen LogP contribution in [-0.4, -0.2) is 14.7 Å². The second kappa shape index (κ2) is 3.97. The summed E-state index contributed by atoms with van der Waals surface area (Å²) in [6.07, 6.45) is 0. The van der Waals surface area contributed by atoms with Gasteiger partial charge in [0.1, 0.15) is 0 Å². The summed E-state index contributed by atoms with van der Waals surface area (Å²) < 4.78 is 0. The SMILES string of the molecule is Cc1ccccc1C[As](C)C. The molecule has 11 heavy (non-hydrogen) atoms. The Morgan fingerprint density at radius 3 is 2.36 bits per heavy atom. The number of aryl methyl sites for hydroxylation is 1. The summed E-state index contributed by atoms with van der Waals surface area (Å²) in [7, 11) is 0. The number of rotatable bonds is 2. The summed E-state index contributed by atoms with van der Waals surface area (Å²) in [5.41, 5.74) is 7.81. The monoisotopic (exact) mass is 210 g/mol. The van der Waals surface area contributed by atoms with Gasteiger partial charge in [-0.2, -0.15) is 0 Å². The Labute approximate surface area is 73.9 Å². The molecular formula is C10H15As. The van der Waals surface area contributed by atoms with Crippen molar-refractivity contribution in [1.82, 2.24) is 0 Å². The third kappa shape index (κ3) is 2.71. The van der Waals surface area contributed by atoms with Gasteiger partial charge in [-0.1, -0.05) is 0 Å². The molecule has 0 nitrogen and oxygen atoms in total. The van der Waals surface area contributed by atoms with Crippen molar-refractivity contribution in [3.8, 4) is 0 Å². The zero-order valence-corrected chi connectivity index (χ0v) is 9.34. The molecule has 1 aromatic carbocycles. The first-order valence-electron chi connectivity index (χ1n) is 3.89. The molecule has 60 valence electrons. The fourth-order valence-corrected chi connectivity index (χ4v) is 3.30. The molecule has 0 aliphatic carbocycles. The van der Waals surface area contributed by atoms with Crippen molar-refractivity contribution >= 4 is 14.7 Å². The first-order chi connectivity index (χ1) is 5.20. The quantitative estimate of drug-likeness (QED) is 0.658. The Hall–Kier alpha value is -0.222. The van der Waals surface area contributed by atoms with Crippen LogP contribution >= 0.6 is 0 Å². The van der Waals surface area contributed by atoms with E-state index in [1.165, 1.54) is 10.8 Å². The van der Waals surface area contributed by atoms with E-state index >= 15 is 0 Å². The minimum absolute atomic E-state index is 0.484. The summed E-state index contributed by atoms with van der Waals surface area (Å²) in [6, 6.07) is 8.71. The van der Waals surface area contributed by atoms with Gasteiger partial charge in [0.15, 0.2) is 0 Å². The zero-order chi connectivity index (χ0) is 8.27. The van der Waals surface area contributed by atoms with Crippen LogP contribution in [0.2, 0.25) is 11.4 Å². The summed E-state index contributed by atoms with van der Waals surface area (Å²) >= 11 is -0.484. The number of hydrogen-bond donors (Lipinski definition) is 0. The molecule has 0 aliphatic heterocycles. The molecule has 1 heteroatoms. The van der Waals surface area contributed by atoms with Gasteiger partial charge in [0.05, 0.1) is 0 Å². The van der Waals surface area contributed by atoms with Gasteiger partial charge in [0.25, 0.3) is 0 Å². The molecule has 0 saturated carbocycles. The predicted molar refractivity (Wildman–Crippen MR) is 52.4 cm³/mol. The van der Waals surface area contributed by atoms with Gasteiger partial charge < -0.3 is 0 Å². The number of hydrogen-bond acceptors (Lipinski definition) is 0. The van der Waals surface area contributed by atoms with Crippen molar-refractivity contribution < 1.29 is 0 Å². The standard InChI is InChI=1S/C10H15As/c1-9-6-4-5-7-10(9)8-11(2)3/h4-7H,8H2,1-3H3. The second-order valence-electron chi connectivity index (χ2n) is 3.16. The summed E-state index contributed by atoms with van der Waals surface area (Å²) in [5.74, 6) is 0. The van der Waals surface area contributed by atoms with Crippen LogP contribution in [0.4, 0.5) is 0 Å². The van der Waals surface area contributed by atoms with Crippen LogP contribution in [-0.2, 0) is 5.21 Å². The van der Waals surface area contributed by atoms with Gasteiger partial charge >= 0.3 is 73.6 Å². The molecule has 0 heterocycles. The van der Waals surface area contributed by atoms with E-state index in [-0.39, 0.29) is 0 Å². The van der Waals surface area contributed by atoms with Crippen LogP contribution < -0.4 is 0 Å². The van der Waals surface area contributed by atoms with Crippen molar-refractivity contribution in [2.24, 2.45) is 0 Å². The molecule has 0 amide bonds. The second-order valence-corrected chi connectivity index (χ2v) is 8.36. The van der Waals surface area contributed by atoms with Crippen LogP contribution in [0.15, 0.2) is 24.3 Å². The topological polar surface area (TPSA) is 0 Å². The molecule has 1 rings (SSSR count). The van der Waals surface area contributed by atoms with Crippen LogP contribution in [0, 0.1) is 6.92 Å². The van der Waals surface area contributed by atoms with Crippen LogP contribution in [0.3, 0.4) is 0 Å². The van der Waals surface area contributed by atoms with E-state index < -0.39 is 14.7 Å². The van der Waals surface area contributed by atoms with Crippen molar-refractivity contribution in [3.63, 3.8) is 0 Å². The predicted octanol–water partition coefficient (Wildman–Crippen LogP) is 2.83. The summed E-state index contributed by atoms with van der Waals surface area (Å²) in [4.78, 5) is 0. The Morgan fingerprint density at radius 1 is 1.18 bits per heavy atom. The molecule has 0 aromatic heterocycles. The third-order valence-electron chi connectivity index (χ3n) is 1.75. The van der Waals surface area contributed by atoms with Gasteiger partial charge in [-0.15, -0.1) is 0 Å². The molecule has 0 fully saturated rings. The first-order valence-corrected chi connectivity index (χ1v) is 8.97. The Morgan fingerprint density at radius 2 is 1.82 bits per heavy atom. The maximum absolute atomic E-state index is 2.40. The van der Waals surface area contributed by atoms with E-state index in [1.54, 1.807) is 5.56 Å². The van der Waals surface area contributed by atoms with Gasteiger partial charge in [-0.05, 0) is 0 Å². The maximum atomic E-state index is 2.40. The Bertz CT molecular complexity index is 228. The molecule has 0 radical (unpaired) electrons. The average molecular weight is 210 g/mol. The van der Waals surface area contributed by atoms with E-state index in [0.29, 0.717) is 0 Å². The van der Waals surface area contributed by atoms with Crippen LogP contribution in [0.5, 0.6) is 0 Å². The van der Waals surface area contributed by atoms with E-state index in [2.05, 4.69) is 42.6 Å². The zero-order valence-electron chi connectivity index (χ0n) is 7.46. The summed E-state index contributed by atoms with van der Waals surface area (Å²) in [5, 5.41) is 1.35. The molecule has 0 saturated heterocycles. The average Bonchev–Trinajstić information content (AvgIpc) is 1.93. The molecule has 0 unspecified atom stereocenters. The fourth-order valence-electron chi connectivity index (χ4n) is 1.13. The van der Waals surface area contributed by atoms with Crippen LogP contribution in [0.1, 0.15) is 11.1 Å². The first kappa shape index (κ1) is 8.87. The van der Waals surface area contributed by atoms with E-state index in [1.807, 2.05) is 0 Å². The van der Waals surface area contributed by atoms with E-state index in [9.17, 15) is 0 Å².